The third-order valence-electron chi connectivity index (χ3n) is 3.37. The van der Waals surface area contributed by atoms with Crippen molar-refractivity contribution in [2.75, 3.05) is 10.6 Å². The minimum Gasteiger partial charge on any atom is -0.366 e. The van der Waals surface area contributed by atoms with Gasteiger partial charge in [0.25, 0.3) is 5.91 Å². The molecule has 0 aliphatic carbocycles. The summed E-state index contributed by atoms with van der Waals surface area (Å²) in [6, 6.07) is 16.0. The fourth-order valence-corrected chi connectivity index (χ4v) is 2.45. The van der Waals surface area contributed by atoms with E-state index in [1.54, 1.807) is 30.3 Å². The zero-order valence-corrected chi connectivity index (χ0v) is 14.6. The van der Waals surface area contributed by atoms with Crippen LogP contribution in [-0.4, -0.2) is 15.9 Å². The first-order valence-electron chi connectivity index (χ1n) is 7.47. The van der Waals surface area contributed by atoms with Gasteiger partial charge < -0.3 is 10.6 Å². The summed E-state index contributed by atoms with van der Waals surface area (Å²) in [5.74, 6) is 0.223. The van der Waals surface area contributed by atoms with Gasteiger partial charge in [0.05, 0.1) is 0 Å². The van der Waals surface area contributed by atoms with Crippen molar-refractivity contribution < 1.29 is 4.79 Å². The van der Waals surface area contributed by atoms with E-state index in [0.717, 1.165) is 5.56 Å². The fraction of sp³-hybridized carbons (Fsp3) is 0.0556. The molecular formula is C18H14Cl2N4O. The number of anilines is 2. The lowest BCUT2D eigenvalue weighted by molar-refractivity contribution is 0.102. The van der Waals surface area contributed by atoms with Gasteiger partial charge in [-0.15, -0.1) is 0 Å². The molecule has 0 fully saturated rings. The van der Waals surface area contributed by atoms with Crippen LogP contribution >= 0.6 is 23.2 Å². The van der Waals surface area contributed by atoms with Crippen molar-refractivity contribution in [1.82, 2.24) is 9.97 Å². The molecule has 126 valence electrons. The van der Waals surface area contributed by atoms with E-state index in [0.29, 0.717) is 28.1 Å². The minimum atomic E-state index is -0.334. The van der Waals surface area contributed by atoms with Crippen LogP contribution in [0.3, 0.4) is 0 Å². The molecule has 0 radical (unpaired) electrons. The molecule has 1 amide bonds. The molecule has 0 spiro atoms. The van der Waals surface area contributed by atoms with Crippen molar-refractivity contribution in [1.29, 1.82) is 0 Å². The van der Waals surface area contributed by atoms with Crippen LogP contribution in [0.2, 0.25) is 10.0 Å². The van der Waals surface area contributed by atoms with Crippen LogP contribution in [0.5, 0.6) is 0 Å². The standard InChI is InChI=1S/C18H14Cl2N4O/c19-13-6-4-12(5-7-13)10-21-17-9-16(22-11-23-17)18(25)24-15-3-1-2-14(20)8-15/h1-9,11H,10H2,(H,24,25)(H,21,22,23). The molecule has 5 nitrogen and oxygen atoms in total. The Bertz CT molecular complexity index is 884. The molecule has 0 saturated heterocycles. The van der Waals surface area contributed by atoms with E-state index in [9.17, 15) is 4.79 Å². The van der Waals surface area contributed by atoms with Crippen LogP contribution in [0.1, 0.15) is 16.1 Å². The van der Waals surface area contributed by atoms with Gasteiger partial charge in [0.1, 0.15) is 17.8 Å². The highest BCUT2D eigenvalue weighted by Crippen LogP contribution is 2.16. The number of aromatic nitrogens is 2. The van der Waals surface area contributed by atoms with E-state index >= 15 is 0 Å². The Hall–Kier alpha value is -2.63. The second-order valence-corrected chi connectivity index (χ2v) is 6.11. The summed E-state index contributed by atoms with van der Waals surface area (Å²) in [6.07, 6.45) is 1.34. The zero-order valence-electron chi connectivity index (χ0n) is 13.0. The smallest absolute Gasteiger partial charge is 0.274 e. The third-order valence-corrected chi connectivity index (χ3v) is 3.86. The first kappa shape index (κ1) is 17.2. The predicted molar refractivity (Wildman–Crippen MR) is 100 cm³/mol. The van der Waals surface area contributed by atoms with E-state index in [2.05, 4.69) is 20.6 Å². The van der Waals surface area contributed by atoms with Crippen molar-refractivity contribution in [3.8, 4) is 0 Å². The summed E-state index contributed by atoms with van der Waals surface area (Å²) < 4.78 is 0. The summed E-state index contributed by atoms with van der Waals surface area (Å²) >= 11 is 11.8. The lowest BCUT2D eigenvalue weighted by Crippen LogP contribution is -2.14. The molecule has 1 aromatic heterocycles. The van der Waals surface area contributed by atoms with Crippen LogP contribution in [0.4, 0.5) is 11.5 Å². The van der Waals surface area contributed by atoms with Crippen molar-refractivity contribution >= 4 is 40.6 Å². The number of benzene rings is 2. The maximum Gasteiger partial charge on any atom is 0.274 e. The van der Waals surface area contributed by atoms with Crippen molar-refractivity contribution in [2.24, 2.45) is 0 Å². The lowest BCUT2D eigenvalue weighted by atomic mass is 10.2. The maximum atomic E-state index is 12.3. The highest BCUT2D eigenvalue weighted by Gasteiger charge is 2.09. The van der Waals surface area contributed by atoms with Crippen molar-refractivity contribution in [3.05, 3.63) is 82.2 Å². The van der Waals surface area contributed by atoms with Gasteiger partial charge in [0.2, 0.25) is 0 Å². The van der Waals surface area contributed by atoms with Crippen LogP contribution in [0.25, 0.3) is 0 Å². The van der Waals surface area contributed by atoms with E-state index in [4.69, 9.17) is 23.2 Å². The van der Waals surface area contributed by atoms with Crippen LogP contribution < -0.4 is 10.6 Å². The van der Waals surface area contributed by atoms with Crippen LogP contribution in [-0.2, 0) is 6.54 Å². The molecule has 0 aliphatic rings. The molecule has 0 unspecified atom stereocenters. The second kappa shape index (κ2) is 7.96. The predicted octanol–water partition coefficient (Wildman–Crippen LogP) is 4.65. The number of hydrogen-bond acceptors (Lipinski definition) is 4. The molecule has 2 aromatic carbocycles. The number of hydrogen-bond donors (Lipinski definition) is 2. The minimum absolute atomic E-state index is 0.258. The molecule has 0 atom stereocenters. The second-order valence-electron chi connectivity index (χ2n) is 5.23. The normalized spacial score (nSPS) is 10.3. The number of nitrogens with one attached hydrogen (secondary N) is 2. The van der Waals surface area contributed by atoms with Gasteiger partial charge in [-0.25, -0.2) is 9.97 Å². The third kappa shape index (κ3) is 4.92. The Kier molecular flexibility index (Phi) is 5.48. The van der Waals surface area contributed by atoms with Crippen LogP contribution in [0.15, 0.2) is 60.9 Å². The Labute approximate surface area is 155 Å². The summed E-state index contributed by atoms with van der Waals surface area (Å²) in [5, 5.41) is 7.14. The molecule has 25 heavy (non-hydrogen) atoms. The van der Waals surface area contributed by atoms with E-state index in [1.165, 1.54) is 6.33 Å². The summed E-state index contributed by atoms with van der Waals surface area (Å²) in [6.45, 7) is 0.559. The number of nitrogens with zero attached hydrogens (tertiary/aromatic N) is 2. The topological polar surface area (TPSA) is 66.9 Å². The molecule has 0 bridgehead atoms. The average Bonchev–Trinajstić information content (AvgIpc) is 2.61. The largest absolute Gasteiger partial charge is 0.366 e. The Balaban J connectivity index is 1.66. The molecule has 1 heterocycles. The molecule has 3 aromatic rings. The van der Waals surface area contributed by atoms with Crippen LogP contribution in [0, 0.1) is 0 Å². The molecule has 7 heteroatoms. The Morgan fingerprint density at radius 1 is 0.960 bits per heavy atom. The zero-order chi connectivity index (χ0) is 17.6. The number of carbonyl (C=O) groups excluding carboxylic acids is 1. The van der Waals surface area contributed by atoms with Gasteiger partial charge in [-0.3, -0.25) is 4.79 Å². The summed E-state index contributed by atoms with van der Waals surface area (Å²) in [4.78, 5) is 20.4. The SMILES string of the molecule is O=C(Nc1cccc(Cl)c1)c1cc(NCc2ccc(Cl)cc2)ncn1. The van der Waals surface area contributed by atoms with Crippen molar-refractivity contribution in [2.45, 2.75) is 6.54 Å². The van der Waals surface area contributed by atoms with Gasteiger partial charge in [0.15, 0.2) is 0 Å². The highest BCUT2D eigenvalue weighted by molar-refractivity contribution is 6.31. The van der Waals surface area contributed by atoms with Crippen molar-refractivity contribution in [3.63, 3.8) is 0 Å². The molecule has 0 saturated carbocycles. The summed E-state index contributed by atoms with van der Waals surface area (Å²) in [5.41, 5.74) is 1.91. The average molecular weight is 373 g/mol. The maximum absolute atomic E-state index is 12.3. The molecule has 0 aliphatic heterocycles. The first-order chi connectivity index (χ1) is 12.1. The monoisotopic (exact) mass is 372 g/mol. The molecule has 2 N–H and O–H groups in total. The first-order valence-corrected chi connectivity index (χ1v) is 8.23. The number of rotatable bonds is 5. The Morgan fingerprint density at radius 3 is 2.52 bits per heavy atom. The lowest BCUT2D eigenvalue weighted by Gasteiger charge is -2.08. The van der Waals surface area contributed by atoms with E-state index in [-0.39, 0.29) is 11.6 Å². The number of halogens is 2. The molecular weight excluding hydrogens is 359 g/mol. The number of carbonyl (C=O) groups is 1. The van der Waals surface area contributed by atoms with Gasteiger partial charge in [-0.1, -0.05) is 41.4 Å². The van der Waals surface area contributed by atoms with E-state index < -0.39 is 0 Å². The van der Waals surface area contributed by atoms with Gasteiger partial charge in [-0.05, 0) is 35.9 Å². The van der Waals surface area contributed by atoms with Gasteiger partial charge in [-0.2, -0.15) is 0 Å². The Morgan fingerprint density at radius 2 is 1.76 bits per heavy atom. The fourth-order valence-electron chi connectivity index (χ4n) is 2.13. The quantitative estimate of drug-likeness (QED) is 0.683. The van der Waals surface area contributed by atoms with E-state index in [1.807, 2.05) is 24.3 Å². The molecule has 3 rings (SSSR count). The summed E-state index contributed by atoms with van der Waals surface area (Å²) in [7, 11) is 0. The highest BCUT2D eigenvalue weighted by atomic mass is 35.5. The number of amides is 1. The van der Waals surface area contributed by atoms with Gasteiger partial charge >= 0.3 is 0 Å². The van der Waals surface area contributed by atoms with Gasteiger partial charge in [0, 0.05) is 28.3 Å².